The topological polar surface area (TPSA) is 242 Å². The van der Waals surface area contributed by atoms with Gasteiger partial charge in [-0.05, 0) is 25.0 Å². The Bertz CT molecular complexity index is 821. The highest BCUT2D eigenvalue weighted by Gasteiger charge is 2.28. The van der Waals surface area contributed by atoms with Crippen LogP contribution in [0.5, 0.6) is 0 Å². The molecule has 0 aliphatic carbocycles. The lowest BCUT2D eigenvalue weighted by molar-refractivity contribution is -0.139. The summed E-state index contributed by atoms with van der Waals surface area (Å²) in [5, 5.41) is 48.1. The fourth-order valence-corrected chi connectivity index (χ4v) is 1.96. The average Bonchev–Trinajstić information content (AvgIpc) is 3.10. The van der Waals surface area contributed by atoms with Crippen LogP contribution in [0.2, 0.25) is 0 Å². The van der Waals surface area contributed by atoms with E-state index in [9.17, 15) is 28.8 Å². The number of esters is 2. The summed E-state index contributed by atoms with van der Waals surface area (Å²) < 4.78 is 8.99. The van der Waals surface area contributed by atoms with Crippen molar-refractivity contribution in [1.82, 2.24) is 0 Å². The van der Waals surface area contributed by atoms with Crippen LogP contribution in [-0.4, -0.2) is 92.9 Å². The molecule has 1 heterocycles. The number of benzene rings is 1. The third-order valence-electron chi connectivity index (χ3n) is 3.42. The molecular formula is C22H28O14. The van der Waals surface area contributed by atoms with E-state index >= 15 is 0 Å². The monoisotopic (exact) mass is 516 g/mol. The minimum absolute atomic E-state index is 0.0278. The smallest absolute Gasteiger partial charge is 0.346 e. The van der Waals surface area contributed by atoms with Crippen LogP contribution in [0.3, 0.4) is 0 Å². The number of fused-ring (bicyclic) bond motifs is 1. The van der Waals surface area contributed by atoms with Crippen LogP contribution < -0.4 is 0 Å². The molecule has 14 nitrogen and oxygen atoms in total. The van der Waals surface area contributed by atoms with Gasteiger partial charge in [0, 0.05) is 25.0 Å². The van der Waals surface area contributed by atoms with Gasteiger partial charge in [0.2, 0.25) is 0 Å². The number of rotatable bonds is 11. The molecule has 1 aliphatic heterocycles. The fourth-order valence-electron chi connectivity index (χ4n) is 1.96. The van der Waals surface area contributed by atoms with Crippen molar-refractivity contribution in [3.63, 3.8) is 0 Å². The number of ether oxygens (including phenoxy) is 2. The van der Waals surface area contributed by atoms with E-state index in [0.29, 0.717) is 49.3 Å². The maximum atomic E-state index is 10.8. The van der Waals surface area contributed by atoms with Crippen LogP contribution in [0.4, 0.5) is 0 Å². The molecular weight excluding hydrogens is 488 g/mol. The van der Waals surface area contributed by atoms with Crippen molar-refractivity contribution in [2.75, 3.05) is 26.4 Å². The Kier molecular flexibility index (Phi) is 20.2. The van der Waals surface area contributed by atoms with Crippen molar-refractivity contribution in [3.8, 4) is 0 Å². The molecule has 2 rings (SSSR count). The third kappa shape index (κ3) is 20.5. The summed E-state index contributed by atoms with van der Waals surface area (Å²) in [7, 11) is 0. The maximum absolute atomic E-state index is 10.8. The predicted molar refractivity (Wildman–Crippen MR) is 119 cm³/mol. The van der Waals surface area contributed by atoms with Crippen LogP contribution in [0, 0.1) is 0 Å². The quantitative estimate of drug-likeness (QED) is 0.101. The number of hydrogen-bond donors (Lipinski definition) is 6. The minimum atomic E-state index is -1.26. The summed E-state index contributed by atoms with van der Waals surface area (Å²) >= 11 is 0. The highest BCUT2D eigenvalue weighted by Crippen LogP contribution is 2.18. The van der Waals surface area contributed by atoms with Crippen molar-refractivity contribution < 1.29 is 68.9 Å². The van der Waals surface area contributed by atoms with E-state index in [4.69, 9.17) is 30.6 Å². The fraction of sp³-hybridized carbons (Fsp3) is 0.364. The molecule has 0 spiro atoms. The Balaban J connectivity index is 0. The van der Waals surface area contributed by atoms with Crippen molar-refractivity contribution >= 4 is 35.8 Å². The molecule has 0 fully saturated rings. The van der Waals surface area contributed by atoms with Gasteiger partial charge in [0.25, 0.3) is 0 Å². The first-order valence-electron chi connectivity index (χ1n) is 10.2. The Morgan fingerprint density at radius 2 is 1.08 bits per heavy atom. The second kappa shape index (κ2) is 21.4. The Morgan fingerprint density at radius 3 is 1.36 bits per heavy atom. The number of aliphatic hydroxyl groups excluding tert-OH is 2. The third-order valence-corrected chi connectivity index (χ3v) is 3.42. The molecule has 6 N–H and O–H groups in total. The summed E-state index contributed by atoms with van der Waals surface area (Å²) in [5.41, 5.74) is 0.718. The highest BCUT2D eigenvalue weighted by molar-refractivity contribution is 6.14. The van der Waals surface area contributed by atoms with Gasteiger partial charge in [0.15, 0.2) is 0 Å². The van der Waals surface area contributed by atoms with E-state index in [1.165, 1.54) is 0 Å². The van der Waals surface area contributed by atoms with E-state index in [2.05, 4.69) is 9.47 Å². The molecule has 0 atom stereocenters. The number of aliphatic hydroxyl groups is 2. The van der Waals surface area contributed by atoms with E-state index < -0.39 is 35.8 Å². The van der Waals surface area contributed by atoms with Crippen LogP contribution in [0.15, 0.2) is 36.4 Å². The minimum Gasteiger partial charge on any atom is -0.481 e. The lowest BCUT2D eigenvalue weighted by Gasteiger charge is -1.94. The molecule has 14 heteroatoms. The SMILES string of the molecule is O=C(O)/C=C/C(=O)O.O=C(O)CCCCC(=O)O.O=C1OC(=O)c2ccccc21.OCCOCCO. The standard InChI is InChI=1S/C8H4O3.C6H10O4.C4H4O4.C4H10O3/c9-7-5-3-1-2-4-6(5)8(10)11-7;7-5(8)3-1-2-4-6(9)10;5-3(6)1-2-4(7)8;5-1-3-7-4-2-6/h1-4H;1-4H2,(H,7,8)(H,9,10);1-2H,(H,5,6)(H,7,8);5-6H,1-4H2/b;;2-1+;. The zero-order valence-corrected chi connectivity index (χ0v) is 19.1. The highest BCUT2D eigenvalue weighted by atomic mass is 16.6. The lowest BCUT2D eigenvalue weighted by Crippen LogP contribution is -2.03. The van der Waals surface area contributed by atoms with Gasteiger partial charge in [-0.15, -0.1) is 0 Å². The molecule has 200 valence electrons. The molecule has 0 unspecified atom stereocenters. The second-order valence-corrected chi connectivity index (χ2v) is 6.29. The summed E-state index contributed by atoms with van der Waals surface area (Å²) in [6.45, 7) is 0.696. The van der Waals surface area contributed by atoms with Crippen molar-refractivity contribution in [2.24, 2.45) is 0 Å². The van der Waals surface area contributed by atoms with Crippen molar-refractivity contribution in [2.45, 2.75) is 25.7 Å². The summed E-state index contributed by atoms with van der Waals surface area (Å²) in [6.07, 6.45) is 2.13. The Morgan fingerprint density at radius 1 is 0.722 bits per heavy atom. The van der Waals surface area contributed by atoms with Gasteiger partial charge in [-0.1, -0.05) is 12.1 Å². The molecule has 1 aromatic rings. The molecule has 36 heavy (non-hydrogen) atoms. The summed E-state index contributed by atoms with van der Waals surface area (Å²) in [6, 6.07) is 6.53. The molecule has 0 saturated carbocycles. The van der Waals surface area contributed by atoms with E-state index in [-0.39, 0.29) is 26.1 Å². The number of carbonyl (C=O) groups is 6. The first kappa shape index (κ1) is 34.0. The van der Waals surface area contributed by atoms with Gasteiger partial charge in [0.1, 0.15) is 0 Å². The van der Waals surface area contributed by atoms with Crippen LogP contribution in [0.1, 0.15) is 46.4 Å². The van der Waals surface area contributed by atoms with E-state index in [0.717, 1.165) is 0 Å². The Hall–Kier alpha value is -4.14. The number of aliphatic carboxylic acids is 4. The summed E-state index contributed by atoms with van der Waals surface area (Å²) in [4.78, 5) is 60.6. The molecule has 0 bridgehead atoms. The van der Waals surface area contributed by atoms with Gasteiger partial charge in [-0.2, -0.15) is 0 Å². The van der Waals surface area contributed by atoms with Gasteiger partial charge >= 0.3 is 35.8 Å². The van der Waals surface area contributed by atoms with Gasteiger partial charge < -0.3 is 40.1 Å². The maximum Gasteiger partial charge on any atom is 0.346 e. The first-order valence-corrected chi connectivity index (χ1v) is 10.2. The largest absolute Gasteiger partial charge is 0.481 e. The van der Waals surface area contributed by atoms with E-state index in [1.807, 2.05) is 0 Å². The van der Waals surface area contributed by atoms with Gasteiger partial charge in [-0.3, -0.25) is 9.59 Å². The van der Waals surface area contributed by atoms with Crippen LogP contribution >= 0.6 is 0 Å². The normalized spacial score (nSPS) is 10.9. The van der Waals surface area contributed by atoms with Crippen molar-refractivity contribution in [1.29, 1.82) is 0 Å². The van der Waals surface area contributed by atoms with Crippen LogP contribution in [-0.2, 0) is 28.7 Å². The zero-order chi connectivity index (χ0) is 27.9. The lowest BCUT2D eigenvalue weighted by atomic mass is 10.1. The number of cyclic esters (lactones) is 2. The van der Waals surface area contributed by atoms with Gasteiger partial charge in [0.05, 0.1) is 37.6 Å². The molecule has 0 amide bonds. The first-order chi connectivity index (χ1) is 17.0. The van der Waals surface area contributed by atoms with E-state index in [1.54, 1.807) is 24.3 Å². The van der Waals surface area contributed by atoms with Crippen LogP contribution in [0.25, 0.3) is 0 Å². The molecule has 0 aromatic heterocycles. The predicted octanol–water partition coefficient (Wildman–Crippen LogP) is 0.413. The average molecular weight is 516 g/mol. The molecule has 1 aromatic carbocycles. The second-order valence-electron chi connectivity index (χ2n) is 6.29. The van der Waals surface area contributed by atoms with Crippen molar-refractivity contribution in [3.05, 3.63) is 47.5 Å². The van der Waals surface area contributed by atoms with Gasteiger partial charge in [-0.25, -0.2) is 19.2 Å². The zero-order valence-electron chi connectivity index (χ0n) is 19.1. The summed E-state index contributed by atoms with van der Waals surface area (Å²) in [5.74, 6) is -5.35. The molecule has 1 aliphatic rings. The number of carboxylic acids is 4. The number of carboxylic acid groups (broad SMARTS) is 4. The molecule has 0 saturated heterocycles. The molecule has 0 radical (unpaired) electrons. The number of carbonyl (C=O) groups excluding carboxylic acids is 2. The Labute approximate surface area is 205 Å². The number of hydrogen-bond acceptors (Lipinski definition) is 10. The number of unbranched alkanes of at least 4 members (excludes halogenated alkanes) is 1.